The van der Waals surface area contributed by atoms with Gasteiger partial charge in [-0.15, -0.1) is 0 Å². The first-order chi connectivity index (χ1) is 6.36. The first kappa shape index (κ1) is 10.4. The highest BCUT2D eigenvalue weighted by Crippen LogP contribution is 2.08. The van der Waals surface area contributed by atoms with Gasteiger partial charge in [-0.05, 0) is 25.7 Å². The van der Waals surface area contributed by atoms with E-state index in [1.165, 1.54) is 25.9 Å². The van der Waals surface area contributed by atoms with E-state index in [9.17, 15) is 0 Å². The van der Waals surface area contributed by atoms with Crippen molar-refractivity contribution in [3.8, 4) is 0 Å². The van der Waals surface area contributed by atoms with Crippen LogP contribution >= 0.6 is 0 Å². The zero-order chi connectivity index (χ0) is 9.52. The molecule has 0 spiro atoms. The summed E-state index contributed by atoms with van der Waals surface area (Å²) in [5.74, 6) is 0. The second kappa shape index (κ2) is 5.90. The summed E-state index contributed by atoms with van der Waals surface area (Å²) >= 11 is 0. The lowest BCUT2D eigenvalue weighted by molar-refractivity contribution is 0.133. The van der Waals surface area contributed by atoms with Gasteiger partial charge in [-0.2, -0.15) is 0 Å². The smallest absolute Gasteiger partial charge is 0.0991 e. The number of hydrogen-bond acceptors (Lipinski definition) is 2. The van der Waals surface area contributed by atoms with Crippen LogP contribution < -0.4 is 0 Å². The van der Waals surface area contributed by atoms with Gasteiger partial charge in [0, 0.05) is 19.3 Å². The van der Waals surface area contributed by atoms with Crippen molar-refractivity contribution in [1.82, 2.24) is 4.90 Å². The molecule has 1 fully saturated rings. The summed E-state index contributed by atoms with van der Waals surface area (Å²) < 4.78 is 5.58. The summed E-state index contributed by atoms with van der Waals surface area (Å²) in [5, 5.41) is 0. The summed E-state index contributed by atoms with van der Waals surface area (Å²) in [7, 11) is 0. The number of hydrogen-bond donors (Lipinski definition) is 0. The van der Waals surface area contributed by atoms with Gasteiger partial charge in [0.15, 0.2) is 0 Å². The number of ether oxygens (including phenoxy) is 1. The monoisotopic (exact) mass is 183 g/mol. The molecule has 0 aromatic carbocycles. The van der Waals surface area contributed by atoms with E-state index in [1.807, 2.05) is 6.26 Å². The fraction of sp³-hybridized carbons (Fsp3) is 0.818. The summed E-state index contributed by atoms with van der Waals surface area (Å²) in [4.78, 5) is 2.32. The molecule has 0 aliphatic carbocycles. The molecule has 0 amide bonds. The molecule has 13 heavy (non-hydrogen) atoms. The minimum absolute atomic E-state index is 0.402. The minimum atomic E-state index is 0.402. The van der Waals surface area contributed by atoms with Gasteiger partial charge in [0.1, 0.15) is 0 Å². The van der Waals surface area contributed by atoms with Crippen LogP contribution in [-0.4, -0.2) is 24.1 Å². The molecule has 0 saturated carbocycles. The Morgan fingerprint density at radius 3 is 2.38 bits per heavy atom. The Kier molecular flexibility index (Phi) is 4.73. The van der Waals surface area contributed by atoms with Crippen LogP contribution in [0.1, 0.15) is 39.5 Å². The summed E-state index contributed by atoms with van der Waals surface area (Å²) in [5.41, 5.74) is 0. The highest BCUT2D eigenvalue weighted by molar-refractivity contribution is 4.80. The fourth-order valence-electron chi connectivity index (χ4n) is 1.60. The van der Waals surface area contributed by atoms with Crippen molar-refractivity contribution >= 4 is 0 Å². The van der Waals surface area contributed by atoms with E-state index in [0.717, 1.165) is 12.8 Å². The third-order valence-corrected chi connectivity index (χ3v) is 2.59. The van der Waals surface area contributed by atoms with E-state index in [2.05, 4.69) is 24.9 Å². The van der Waals surface area contributed by atoms with Crippen molar-refractivity contribution in [3.05, 3.63) is 12.5 Å². The lowest BCUT2D eigenvalue weighted by atomic mass is 10.2. The largest absolute Gasteiger partial charge is 0.497 e. The second-order valence-electron chi connectivity index (χ2n) is 3.60. The summed E-state index contributed by atoms with van der Waals surface area (Å²) in [6.07, 6.45) is 9.21. The minimum Gasteiger partial charge on any atom is -0.497 e. The van der Waals surface area contributed by atoms with E-state index in [-0.39, 0.29) is 0 Å². The quantitative estimate of drug-likeness (QED) is 0.608. The maximum absolute atomic E-state index is 5.58. The second-order valence-corrected chi connectivity index (χ2v) is 3.60. The molecule has 0 bridgehead atoms. The third kappa shape index (κ3) is 3.71. The molecule has 76 valence electrons. The van der Waals surface area contributed by atoms with Crippen LogP contribution in [0.25, 0.3) is 0 Å². The van der Waals surface area contributed by atoms with Crippen LogP contribution in [0.5, 0.6) is 0 Å². The Labute approximate surface area is 81.6 Å². The first-order valence-electron chi connectivity index (χ1n) is 5.43. The van der Waals surface area contributed by atoms with Gasteiger partial charge < -0.3 is 9.64 Å². The van der Waals surface area contributed by atoms with E-state index in [4.69, 9.17) is 4.74 Å². The van der Waals surface area contributed by atoms with Gasteiger partial charge in [0.05, 0.1) is 12.4 Å². The van der Waals surface area contributed by atoms with Gasteiger partial charge in [0.2, 0.25) is 0 Å². The maximum Gasteiger partial charge on any atom is 0.0991 e. The van der Waals surface area contributed by atoms with Gasteiger partial charge in [0.25, 0.3) is 0 Å². The molecule has 1 saturated heterocycles. The van der Waals surface area contributed by atoms with Gasteiger partial charge in [-0.3, -0.25) is 0 Å². The molecule has 1 aliphatic heterocycles. The molecule has 2 heteroatoms. The molecule has 0 aromatic heterocycles. The van der Waals surface area contributed by atoms with Gasteiger partial charge in [-0.1, -0.05) is 13.8 Å². The van der Waals surface area contributed by atoms with E-state index < -0.39 is 0 Å². The molecule has 2 nitrogen and oxygen atoms in total. The molecule has 1 heterocycles. The van der Waals surface area contributed by atoms with Crippen molar-refractivity contribution in [2.45, 2.75) is 45.6 Å². The van der Waals surface area contributed by atoms with Crippen LogP contribution in [0.3, 0.4) is 0 Å². The SMILES string of the molecule is CCC(CC)O/C=C\N1CCCC1. The number of likely N-dealkylation sites (tertiary alicyclic amines) is 1. The summed E-state index contributed by atoms with van der Waals surface area (Å²) in [6.45, 7) is 6.72. The van der Waals surface area contributed by atoms with Gasteiger partial charge in [-0.25, -0.2) is 0 Å². The molecule has 1 rings (SSSR count). The van der Waals surface area contributed by atoms with Gasteiger partial charge >= 0.3 is 0 Å². The normalized spacial score (nSPS) is 17.6. The lowest BCUT2D eigenvalue weighted by Gasteiger charge is -2.14. The lowest BCUT2D eigenvalue weighted by Crippen LogP contribution is -2.12. The number of rotatable bonds is 5. The molecule has 0 N–H and O–H groups in total. The van der Waals surface area contributed by atoms with Crippen molar-refractivity contribution in [1.29, 1.82) is 0 Å². The Hall–Kier alpha value is -0.660. The van der Waals surface area contributed by atoms with Crippen LogP contribution in [0, 0.1) is 0 Å². The predicted molar refractivity (Wildman–Crippen MR) is 55.4 cm³/mol. The summed E-state index contributed by atoms with van der Waals surface area (Å²) in [6, 6.07) is 0. The van der Waals surface area contributed by atoms with Crippen molar-refractivity contribution in [2.75, 3.05) is 13.1 Å². The average molecular weight is 183 g/mol. The van der Waals surface area contributed by atoms with Crippen LogP contribution in [-0.2, 0) is 4.74 Å². The first-order valence-corrected chi connectivity index (χ1v) is 5.43. The molecule has 1 aliphatic rings. The fourth-order valence-corrected chi connectivity index (χ4v) is 1.60. The zero-order valence-corrected chi connectivity index (χ0v) is 8.83. The Bertz CT molecular complexity index is 146. The van der Waals surface area contributed by atoms with Crippen LogP contribution in [0.4, 0.5) is 0 Å². The van der Waals surface area contributed by atoms with Crippen molar-refractivity contribution < 1.29 is 4.74 Å². The third-order valence-electron chi connectivity index (χ3n) is 2.59. The standard InChI is InChI=1S/C11H21NO/c1-3-11(4-2)13-10-9-12-7-5-6-8-12/h9-11H,3-8H2,1-2H3/b10-9-. The van der Waals surface area contributed by atoms with E-state index in [0.29, 0.717) is 6.10 Å². The zero-order valence-electron chi connectivity index (χ0n) is 8.83. The maximum atomic E-state index is 5.58. The highest BCUT2D eigenvalue weighted by atomic mass is 16.5. The average Bonchev–Trinajstić information content (AvgIpc) is 2.65. The van der Waals surface area contributed by atoms with Crippen LogP contribution in [0.15, 0.2) is 12.5 Å². The Morgan fingerprint density at radius 2 is 1.85 bits per heavy atom. The predicted octanol–water partition coefficient (Wildman–Crippen LogP) is 2.76. The molecule has 0 unspecified atom stereocenters. The highest BCUT2D eigenvalue weighted by Gasteiger charge is 2.06. The van der Waals surface area contributed by atoms with Crippen molar-refractivity contribution in [2.24, 2.45) is 0 Å². The molecular weight excluding hydrogens is 162 g/mol. The van der Waals surface area contributed by atoms with Crippen molar-refractivity contribution in [3.63, 3.8) is 0 Å². The molecule has 0 radical (unpaired) electrons. The topological polar surface area (TPSA) is 12.5 Å². The van der Waals surface area contributed by atoms with E-state index in [1.54, 1.807) is 0 Å². The molecule has 0 atom stereocenters. The Balaban J connectivity index is 2.15. The van der Waals surface area contributed by atoms with E-state index >= 15 is 0 Å². The number of nitrogens with zero attached hydrogens (tertiary/aromatic N) is 1. The Morgan fingerprint density at radius 1 is 1.23 bits per heavy atom. The molecular formula is C11H21NO. The van der Waals surface area contributed by atoms with Crippen LogP contribution in [0.2, 0.25) is 0 Å². The molecule has 0 aromatic rings.